The molecule has 1 amide bonds. The number of nitrogens with zero attached hydrogens (tertiary/aromatic N) is 3. The van der Waals surface area contributed by atoms with Crippen LogP contribution >= 0.6 is 0 Å². The lowest BCUT2D eigenvalue weighted by Crippen LogP contribution is -2.39. The minimum absolute atomic E-state index is 0.0482. The van der Waals surface area contributed by atoms with Crippen LogP contribution in [-0.2, 0) is 6.54 Å². The Bertz CT molecular complexity index is 1470. The SMILES string of the molecule is CC(C)c1ccc(Cn2ccnc2C2CCN(C(=O)c3cccc4c3C(=O)c3ccccc3-4)CC2)cc1. The molecule has 0 saturated carbocycles. The Morgan fingerprint density at radius 2 is 1.62 bits per heavy atom. The minimum Gasteiger partial charge on any atom is -0.339 e. The Balaban J connectivity index is 1.16. The molecule has 0 spiro atoms. The van der Waals surface area contributed by atoms with Gasteiger partial charge in [-0.05, 0) is 47.1 Å². The van der Waals surface area contributed by atoms with Crippen LogP contribution in [0.3, 0.4) is 0 Å². The summed E-state index contributed by atoms with van der Waals surface area (Å²) in [5.74, 6) is 1.82. The first-order valence-electron chi connectivity index (χ1n) is 13.2. The molecule has 1 aromatic heterocycles. The number of ketones is 1. The summed E-state index contributed by atoms with van der Waals surface area (Å²) >= 11 is 0. The standard InChI is InChI=1S/C32H31N3O2/c1-21(2)23-12-10-22(11-13-23)20-35-19-16-33-31(35)24-14-17-34(18-15-24)32(37)28-9-5-8-26-25-6-3-4-7-27(25)30(36)29(26)28/h3-13,16,19,21,24H,14-15,17-18,20H2,1-2H3. The summed E-state index contributed by atoms with van der Waals surface area (Å²) in [6.45, 7) is 6.53. The highest BCUT2D eigenvalue weighted by Gasteiger charge is 2.33. The normalized spacial score (nSPS) is 15.2. The maximum Gasteiger partial charge on any atom is 0.254 e. The largest absolute Gasteiger partial charge is 0.339 e. The molecule has 2 aliphatic rings. The minimum atomic E-state index is -0.0509. The van der Waals surface area contributed by atoms with Gasteiger partial charge in [-0.3, -0.25) is 9.59 Å². The van der Waals surface area contributed by atoms with E-state index in [1.165, 1.54) is 11.1 Å². The molecule has 6 rings (SSSR count). The highest BCUT2D eigenvalue weighted by molar-refractivity contribution is 6.25. The van der Waals surface area contributed by atoms with Crippen molar-refractivity contribution in [2.24, 2.45) is 0 Å². The number of imidazole rings is 1. The van der Waals surface area contributed by atoms with Gasteiger partial charge in [0.1, 0.15) is 5.82 Å². The number of carbonyl (C=O) groups excluding carboxylic acids is 2. The van der Waals surface area contributed by atoms with E-state index >= 15 is 0 Å². The third-order valence-electron chi connectivity index (χ3n) is 7.88. The maximum atomic E-state index is 13.6. The van der Waals surface area contributed by atoms with Gasteiger partial charge in [0.2, 0.25) is 0 Å². The number of carbonyl (C=O) groups is 2. The van der Waals surface area contributed by atoms with Crippen molar-refractivity contribution in [2.45, 2.75) is 45.1 Å². The van der Waals surface area contributed by atoms with E-state index in [-0.39, 0.29) is 11.7 Å². The fraction of sp³-hybridized carbons (Fsp3) is 0.281. The second kappa shape index (κ2) is 9.47. The Morgan fingerprint density at radius 1 is 0.919 bits per heavy atom. The topological polar surface area (TPSA) is 55.2 Å². The Hall–Kier alpha value is -3.99. The van der Waals surface area contributed by atoms with E-state index in [0.717, 1.165) is 36.3 Å². The van der Waals surface area contributed by atoms with Crippen LogP contribution in [0.4, 0.5) is 0 Å². The number of aromatic nitrogens is 2. The van der Waals surface area contributed by atoms with Crippen LogP contribution in [0.5, 0.6) is 0 Å². The molecule has 186 valence electrons. The summed E-state index contributed by atoms with van der Waals surface area (Å²) in [4.78, 5) is 33.4. The van der Waals surface area contributed by atoms with Crippen LogP contribution < -0.4 is 0 Å². The Labute approximate surface area is 217 Å². The van der Waals surface area contributed by atoms with E-state index in [1.54, 1.807) is 6.07 Å². The molecule has 5 heteroatoms. The molecular weight excluding hydrogens is 458 g/mol. The van der Waals surface area contributed by atoms with Gasteiger partial charge in [-0.15, -0.1) is 0 Å². The van der Waals surface area contributed by atoms with Crippen molar-refractivity contribution in [1.29, 1.82) is 0 Å². The second-order valence-electron chi connectivity index (χ2n) is 10.5. The zero-order chi connectivity index (χ0) is 25.5. The Morgan fingerprint density at radius 3 is 2.35 bits per heavy atom. The number of hydrogen-bond donors (Lipinski definition) is 0. The number of rotatable bonds is 5. The predicted molar refractivity (Wildman–Crippen MR) is 145 cm³/mol. The second-order valence-corrected chi connectivity index (χ2v) is 10.5. The smallest absolute Gasteiger partial charge is 0.254 e. The van der Waals surface area contributed by atoms with E-state index < -0.39 is 0 Å². The van der Waals surface area contributed by atoms with Gasteiger partial charge in [-0.25, -0.2) is 4.98 Å². The first-order chi connectivity index (χ1) is 18.0. The highest BCUT2D eigenvalue weighted by Crippen LogP contribution is 2.39. The zero-order valence-corrected chi connectivity index (χ0v) is 21.4. The maximum absolute atomic E-state index is 13.6. The number of amides is 1. The average molecular weight is 490 g/mol. The van der Waals surface area contributed by atoms with Gasteiger partial charge < -0.3 is 9.47 Å². The summed E-state index contributed by atoms with van der Waals surface area (Å²) in [7, 11) is 0. The average Bonchev–Trinajstić information content (AvgIpc) is 3.51. The molecule has 1 saturated heterocycles. The van der Waals surface area contributed by atoms with E-state index in [2.05, 4.69) is 48.9 Å². The van der Waals surface area contributed by atoms with Crippen molar-refractivity contribution in [3.8, 4) is 11.1 Å². The van der Waals surface area contributed by atoms with Gasteiger partial charge in [0.15, 0.2) is 5.78 Å². The van der Waals surface area contributed by atoms with Crippen LogP contribution in [0, 0.1) is 0 Å². The molecule has 2 heterocycles. The summed E-state index contributed by atoms with van der Waals surface area (Å²) < 4.78 is 2.24. The molecule has 4 aromatic rings. The summed E-state index contributed by atoms with van der Waals surface area (Å²) in [6, 6.07) is 22.1. The number of hydrogen-bond acceptors (Lipinski definition) is 3. The first-order valence-corrected chi connectivity index (χ1v) is 13.2. The Kier molecular flexibility index (Phi) is 5.99. The monoisotopic (exact) mass is 489 g/mol. The van der Waals surface area contributed by atoms with Gasteiger partial charge >= 0.3 is 0 Å². The van der Waals surface area contributed by atoms with E-state index in [1.807, 2.05) is 47.5 Å². The molecule has 0 N–H and O–H groups in total. The van der Waals surface area contributed by atoms with E-state index in [9.17, 15) is 9.59 Å². The van der Waals surface area contributed by atoms with Crippen molar-refractivity contribution in [1.82, 2.24) is 14.5 Å². The molecule has 1 aliphatic carbocycles. The summed E-state index contributed by atoms with van der Waals surface area (Å²) in [5, 5.41) is 0. The van der Waals surface area contributed by atoms with E-state index in [0.29, 0.717) is 41.6 Å². The van der Waals surface area contributed by atoms with Crippen LogP contribution in [0.1, 0.15) is 81.8 Å². The van der Waals surface area contributed by atoms with Gasteiger partial charge in [-0.1, -0.05) is 74.5 Å². The lowest BCUT2D eigenvalue weighted by atomic mass is 9.94. The number of piperidine rings is 1. The molecule has 0 radical (unpaired) electrons. The molecule has 0 atom stereocenters. The fourth-order valence-corrected chi connectivity index (χ4v) is 5.78. The molecule has 37 heavy (non-hydrogen) atoms. The van der Waals surface area contributed by atoms with Crippen molar-refractivity contribution in [3.63, 3.8) is 0 Å². The first kappa shape index (κ1) is 23.4. The number of benzene rings is 3. The van der Waals surface area contributed by atoms with Crippen molar-refractivity contribution >= 4 is 11.7 Å². The third kappa shape index (κ3) is 4.18. The fourth-order valence-electron chi connectivity index (χ4n) is 5.78. The predicted octanol–water partition coefficient (Wildman–Crippen LogP) is 6.29. The zero-order valence-electron chi connectivity index (χ0n) is 21.4. The van der Waals surface area contributed by atoms with Gasteiger partial charge in [0, 0.05) is 49.1 Å². The summed E-state index contributed by atoms with van der Waals surface area (Å²) in [6.07, 6.45) is 5.65. The molecule has 5 nitrogen and oxygen atoms in total. The van der Waals surface area contributed by atoms with Crippen molar-refractivity contribution in [2.75, 3.05) is 13.1 Å². The van der Waals surface area contributed by atoms with Crippen LogP contribution in [0.25, 0.3) is 11.1 Å². The highest BCUT2D eigenvalue weighted by atomic mass is 16.2. The van der Waals surface area contributed by atoms with Gasteiger partial charge in [-0.2, -0.15) is 0 Å². The number of likely N-dealkylation sites (tertiary alicyclic amines) is 1. The van der Waals surface area contributed by atoms with Gasteiger partial charge in [0.25, 0.3) is 5.91 Å². The molecule has 3 aromatic carbocycles. The van der Waals surface area contributed by atoms with Crippen LogP contribution in [0.2, 0.25) is 0 Å². The van der Waals surface area contributed by atoms with Crippen LogP contribution in [0.15, 0.2) is 79.1 Å². The number of fused-ring (bicyclic) bond motifs is 3. The lowest BCUT2D eigenvalue weighted by Gasteiger charge is -2.32. The lowest BCUT2D eigenvalue weighted by molar-refractivity contribution is 0.0707. The molecular formula is C32H31N3O2. The molecule has 1 aliphatic heterocycles. The molecule has 1 fully saturated rings. The molecule has 0 unspecified atom stereocenters. The van der Waals surface area contributed by atoms with Gasteiger partial charge in [0.05, 0.1) is 5.56 Å². The quantitative estimate of drug-likeness (QED) is 0.292. The third-order valence-corrected chi connectivity index (χ3v) is 7.88. The molecule has 0 bridgehead atoms. The van der Waals surface area contributed by atoms with E-state index in [4.69, 9.17) is 4.98 Å². The summed E-state index contributed by atoms with van der Waals surface area (Å²) in [5.41, 5.74) is 6.15. The van der Waals surface area contributed by atoms with Crippen molar-refractivity contribution < 1.29 is 9.59 Å². The van der Waals surface area contributed by atoms with Crippen molar-refractivity contribution in [3.05, 3.63) is 113 Å². The van der Waals surface area contributed by atoms with Crippen LogP contribution in [-0.4, -0.2) is 39.2 Å².